The second-order valence-corrected chi connectivity index (χ2v) is 5.50. The first kappa shape index (κ1) is 15.3. The molecule has 2 aromatic rings. The predicted octanol–water partition coefficient (Wildman–Crippen LogP) is 1.76. The predicted molar refractivity (Wildman–Crippen MR) is 87.9 cm³/mol. The van der Waals surface area contributed by atoms with Crippen LogP contribution in [0.2, 0.25) is 0 Å². The summed E-state index contributed by atoms with van der Waals surface area (Å²) in [5.74, 6) is 0.828. The van der Waals surface area contributed by atoms with Crippen LogP contribution in [0.15, 0.2) is 36.7 Å². The molecule has 1 aliphatic rings. The number of benzene rings is 1. The van der Waals surface area contributed by atoms with E-state index in [1.807, 2.05) is 36.1 Å². The molecule has 0 N–H and O–H groups in total. The minimum atomic E-state index is -0.0322. The van der Waals surface area contributed by atoms with Gasteiger partial charge in [0.2, 0.25) is 0 Å². The molecule has 0 unspecified atom stereocenters. The lowest BCUT2D eigenvalue weighted by Gasteiger charge is -2.36. The van der Waals surface area contributed by atoms with Gasteiger partial charge in [0.05, 0.1) is 12.8 Å². The van der Waals surface area contributed by atoms with Crippen molar-refractivity contribution < 1.29 is 9.53 Å². The van der Waals surface area contributed by atoms with E-state index in [2.05, 4.69) is 14.9 Å². The van der Waals surface area contributed by atoms with Crippen LogP contribution in [0.25, 0.3) is 0 Å². The largest absolute Gasteiger partial charge is 0.495 e. The van der Waals surface area contributed by atoms with Crippen LogP contribution in [-0.4, -0.2) is 54.1 Å². The summed E-state index contributed by atoms with van der Waals surface area (Å²) in [5, 5.41) is 0. The SMILES string of the molecule is COc1ccccc1N1CCN(C(=O)c2cc(C)ncn2)CC1. The maximum absolute atomic E-state index is 12.5. The van der Waals surface area contributed by atoms with Crippen LogP contribution in [0, 0.1) is 6.92 Å². The van der Waals surface area contributed by atoms with Crippen LogP contribution in [-0.2, 0) is 0 Å². The summed E-state index contributed by atoms with van der Waals surface area (Å²) in [6, 6.07) is 9.69. The molecule has 120 valence electrons. The first-order valence-electron chi connectivity index (χ1n) is 7.65. The summed E-state index contributed by atoms with van der Waals surface area (Å²) in [5.41, 5.74) is 2.33. The molecule has 1 amide bonds. The van der Waals surface area contributed by atoms with Crippen LogP contribution in [0.5, 0.6) is 5.75 Å². The lowest BCUT2D eigenvalue weighted by atomic mass is 10.2. The zero-order valence-corrected chi connectivity index (χ0v) is 13.4. The van der Waals surface area contributed by atoms with Gasteiger partial charge < -0.3 is 14.5 Å². The molecule has 2 heterocycles. The van der Waals surface area contributed by atoms with Gasteiger partial charge in [-0.25, -0.2) is 9.97 Å². The van der Waals surface area contributed by atoms with E-state index in [1.165, 1.54) is 6.33 Å². The molecule has 0 aliphatic carbocycles. The topological polar surface area (TPSA) is 58.6 Å². The maximum Gasteiger partial charge on any atom is 0.272 e. The lowest BCUT2D eigenvalue weighted by Crippen LogP contribution is -2.49. The van der Waals surface area contributed by atoms with Crippen molar-refractivity contribution in [1.82, 2.24) is 14.9 Å². The number of ether oxygens (including phenoxy) is 1. The summed E-state index contributed by atoms with van der Waals surface area (Å²) in [6.45, 7) is 4.74. The quantitative estimate of drug-likeness (QED) is 0.864. The Balaban J connectivity index is 1.67. The number of aromatic nitrogens is 2. The molecular formula is C17H20N4O2. The van der Waals surface area contributed by atoms with Crippen LogP contribution >= 0.6 is 0 Å². The highest BCUT2D eigenvalue weighted by Crippen LogP contribution is 2.28. The van der Waals surface area contributed by atoms with Crippen molar-refractivity contribution in [2.75, 3.05) is 38.2 Å². The molecule has 23 heavy (non-hydrogen) atoms. The van der Waals surface area contributed by atoms with E-state index in [0.717, 1.165) is 30.2 Å². The molecule has 0 saturated carbocycles. The third-order valence-electron chi connectivity index (χ3n) is 4.02. The van der Waals surface area contributed by atoms with Crippen LogP contribution in [0.1, 0.15) is 16.2 Å². The molecular weight excluding hydrogens is 292 g/mol. The summed E-state index contributed by atoms with van der Waals surface area (Å²) in [4.78, 5) is 24.7. The number of methoxy groups -OCH3 is 1. The number of hydrogen-bond donors (Lipinski definition) is 0. The molecule has 0 radical (unpaired) electrons. The third-order valence-corrected chi connectivity index (χ3v) is 4.02. The van der Waals surface area contributed by atoms with Gasteiger partial charge in [0, 0.05) is 31.9 Å². The fraction of sp³-hybridized carbons (Fsp3) is 0.353. The number of piperazine rings is 1. The van der Waals surface area contributed by atoms with E-state index in [1.54, 1.807) is 13.2 Å². The normalized spacial score (nSPS) is 14.7. The summed E-state index contributed by atoms with van der Waals surface area (Å²) in [6.07, 6.45) is 1.44. The third kappa shape index (κ3) is 3.26. The monoisotopic (exact) mass is 312 g/mol. The Morgan fingerprint density at radius 3 is 2.57 bits per heavy atom. The Bertz CT molecular complexity index is 696. The summed E-state index contributed by atoms with van der Waals surface area (Å²) in [7, 11) is 1.68. The minimum Gasteiger partial charge on any atom is -0.495 e. The molecule has 1 aliphatic heterocycles. The van der Waals surface area contributed by atoms with Crippen molar-refractivity contribution in [3.8, 4) is 5.75 Å². The second-order valence-electron chi connectivity index (χ2n) is 5.50. The zero-order chi connectivity index (χ0) is 16.2. The molecule has 6 nitrogen and oxygen atoms in total. The van der Waals surface area contributed by atoms with E-state index in [0.29, 0.717) is 18.8 Å². The van der Waals surface area contributed by atoms with Gasteiger partial charge in [-0.05, 0) is 25.1 Å². The van der Waals surface area contributed by atoms with Gasteiger partial charge >= 0.3 is 0 Å². The Hall–Kier alpha value is -2.63. The molecule has 1 aromatic carbocycles. The summed E-state index contributed by atoms with van der Waals surface area (Å²) >= 11 is 0. The first-order chi connectivity index (χ1) is 11.2. The molecule has 1 fully saturated rings. The van der Waals surface area contributed by atoms with Crippen LogP contribution in [0.4, 0.5) is 5.69 Å². The van der Waals surface area contributed by atoms with Gasteiger partial charge in [0.15, 0.2) is 0 Å². The van der Waals surface area contributed by atoms with Gasteiger partial charge in [0.25, 0.3) is 5.91 Å². The average molecular weight is 312 g/mol. The van der Waals surface area contributed by atoms with Gasteiger partial charge in [-0.3, -0.25) is 4.79 Å². The molecule has 0 spiro atoms. The molecule has 0 atom stereocenters. The highest BCUT2D eigenvalue weighted by Gasteiger charge is 2.24. The number of carbonyl (C=O) groups excluding carboxylic acids is 1. The van der Waals surface area contributed by atoms with E-state index < -0.39 is 0 Å². The van der Waals surface area contributed by atoms with E-state index in [9.17, 15) is 4.79 Å². The number of hydrogen-bond acceptors (Lipinski definition) is 5. The standard InChI is InChI=1S/C17H20N4O2/c1-13-11-14(19-12-18-13)17(22)21-9-7-20(8-10-21)15-5-3-4-6-16(15)23-2/h3-6,11-12H,7-10H2,1-2H3. The van der Waals surface area contributed by atoms with Gasteiger partial charge in [0.1, 0.15) is 17.8 Å². The maximum atomic E-state index is 12.5. The molecule has 1 aromatic heterocycles. The van der Waals surface area contributed by atoms with Crippen molar-refractivity contribution in [2.45, 2.75) is 6.92 Å². The Morgan fingerprint density at radius 2 is 1.87 bits per heavy atom. The molecule has 6 heteroatoms. The first-order valence-corrected chi connectivity index (χ1v) is 7.65. The van der Waals surface area contributed by atoms with Gasteiger partial charge in [-0.2, -0.15) is 0 Å². The lowest BCUT2D eigenvalue weighted by molar-refractivity contribution is 0.0740. The van der Waals surface area contributed by atoms with Crippen molar-refractivity contribution in [2.24, 2.45) is 0 Å². The molecule has 3 rings (SSSR count). The number of aryl methyl sites for hydroxylation is 1. The molecule has 0 bridgehead atoms. The fourth-order valence-electron chi connectivity index (χ4n) is 2.77. The van der Waals surface area contributed by atoms with Crippen molar-refractivity contribution in [1.29, 1.82) is 0 Å². The number of para-hydroxylation sites is 2. The highest BCUT2D eigenvalue weighted by atomic mass is 16.5. The highest BCUT2D eigenvalue weighted by molar-refractivity contribution is 5.92. The number of rotatable bonds is 3. The zero-order valence-electron chi connectivity index (χ0n) is 13.4. The Labute approximate surface area is 135 Å². The van der Waals surface area contributed by atoms with E-state index in [-0.39, 0.29) is 5.91 Å². The summed E-state index contributed by atoms with van der Waals surface area (Å²) < 4.78 is 5.42. The van der Waals surface area contributed by atoms with Crippen molar-refractivity contribution in [3.63, 3.8) is 0 Å². The van der Waals surface area contributed by atoms with E-state index >= 15 is 0 Å². The number of anilines is 1. The van der Waals surface area contributed by atoms with E-state index in [4.69, 9.17) is 4.74 Å². The van der Waals surface area contributed by atoms with Crippen LogP contribution < -0.4 is 9.64 Å². The van der Waals surface area contributed by atoms with Crippen molar-refractivity contribution >= 4 is 11.6 Å². The van der Waals surface area contributed by atoms with Crippen LogP contribution in [0.3, 0.4) is 0 Å². The minimum absolute atomic E-state index is 0.0322. The smallest absolute Gasteiger partial charge is 0.272 e. The number of carbonyl (C=O) groups is 1. The number of amides is 1. The fourth-order valence-corrected chi connectivity index (χ4v) is 2.77. The Kier molecular flexibility index (Phi) is 4.41. The van der Waals surface area contributed by atoms with Gasteiger partial charge in [-0.1, -0.05) is 12.1 Å². The molecule has 1 saturated heterocycles. The average Bonchev–Trinajstić information content (AvgIpc) is 2.61. The Morgan fingerprint density at radius 1 is 1.13 bits per heavy atom. The van der Waals surface area contributed by atoms with Crippen molar-refractivity contribution in [3.05, 3.63) is 48.0 Å². The second kappa shape index (κ2) is 6.64. The van der Waals surface area contributed by atoms with Gasteiger partial charge in [-0.15, -0.1) is 0 Å². The number of nitrogens with zero attached hydrogens (tertiary/aromatic N) is 4.